The molecule has 1 heterocycles. The summed E-state index contributed by atoms with van der Waals surface area (Å²) in [6, 6.07) is 17.6. The van der Waals surface area contributed by atoms with E-state index in [1.165, 1.54) is 48.7 Å². The second-order valence-corrected chi connectivity index (χ2v) is 8.07. The zero-order chi connectivity index (χ0) is 23.5. The highest BCUT2D eigenvalue weighted by Crippen LogP contribution is 2.30. The molecule has 0 bridgehead atoms. The number of benzene rings is 3. The van der Waals surface area contributed by atoms with Crippen molar-refractivity contribution in [3.8, 4) is 27.9 Å². The summed E-state index contributed by atoms with van der Waals surface area (Å²) in [7, 11) is -2.59. The van der Waals surface area contributed by atoms with Gasteiger partial charge in [-0.2, -0.15) is 9.78 Å². The van der Waals surface area contributed by atoms with Gasteiger partial charge < -0.3 is 0 Å². The second kappa shape index (κ2) is 9.13. The normalized spacial score (nSPS) is 11.0. The van der Waals surface area contributed by atoms with Crippen LogP contribution in [-0.2, 0) is 16.5 Å². The Bertz CT molecular complexity index is 1470. The summed E-state index contributed by atoms with van der Waals surface area (Å²) >= 11 is 0. The van der Waals surface area contributed by atoms with Crippen molar-refractivity contribution in [1.29, 1.82) is 0 Å². The molecule has 166 valence electrons. The third kappa shape index (κ3) is 4.55. The van der Waals surface area contributed by atoms with Gasteiger partial charge in [0.05, 0.1) is 22.4 Å². The molecule has 33 heavy (non-hydrogen) atoms. The highest BCUT2D eigenvalue weighted by atomic mass is 32.2. The van der Waals surface area contributed by atoms with Gasteiger partial charge in [0.1, 0.15) is 22.2 Å². The SMILES string of the molecule is O=c1c(-c2ccc(F)cc2)c(-c2ccc(C[SH](=O)=O)cc2)cnn1-c1ccccc1[N+](=O)[O-]. The number of thiol groups is 1. The molecule has 0 aliphatic heterocycles. The standard InChI is InChI=1S/C23H16FN3O5S/c24-18-11-9-17(10-12-18)22-19(16-7-5-15(6-8-16)14-33(31)32)13-25-26(23(22)28)20-3-1-2-4-21(20)27(29)30/h1-13,33H,14H2. The molecule has 0 saturated heterocycles. The Balaban J connectivity index is 1.95. The topological polar surface area (TPSA) is 112 Å². The fraction of sp³-hybridized carbons (Fsp3) is 0.0435. The molecule has 0 amide bonds. The Kier molecular flexibility index (Phi) is 6.09. The summed E-state index contributed by atoms with van der Waals surface area (Å²) in [4.78, 5) is 24.4. The maximum Gasteiger partial charge on any atom is 0.295 e. The minimum absolute atomic E-state index is 0.00277. The van der Waals surface area contributed by atoms with Crippen LogP contribution in [0.5, 0.6) is 0 Å². The first-order chi connectivity index (χ1) is 15.8. The van der Waals surface area contributed by atoms with Gasteiger partial charge in [-0.3, -0.25) is 14.9 Å². The highest BCUT2D eigenvalue weighted by molar-refractivity contribution is 7.71. The molecule has 1 aromatic heterocycles. The molecule has 0 N–H and O–H groups in total. The largest absolute Gasteiger partial charge is 0.295 e. The van der Waals surface area contributed by atoms with Gasteiger partial charge in [-0.25, -0.2) is 12.8 Å². The quantitative estimate of drug-likeness (QED) is 0.264. The Morgan fingerprint density at radius 1 is 0.939 bits per heavy atom. The second-order valence-electron chi connectivity index (χ2n) is 7.09. The van der Waals surface area contributed by atoms with Gasteiger partial charge in [-0.05, 0) is 34.9 Å². The summed E-state index contributed by atoms with van der Waals surface area (Å²) in [5.74, 6) is -0.595. The predicted molar refractivity (Wildman–Crippen MR) is 121 cm³/mol. The molecule has 4 aromatic rings. The van der Waals surface area contributed by atoms with E-state index >= 15 is 0 Å². The zero-order valence-corrected chi connectivity index (χ0v) is 17.8. The number of nitro benzene ring substituents is 1. The van der Waals surface area contributed by atoms with Gasteiger partial charge in [0.2, 0.25) is 0 Å². The summed E-state index contributed by atoms with van der Waals surface area (Å²) in [5, 5.41) is 15.6. The van der Waals surface area contributed by atoms with E-state index in [0.717, 1.165) is 4.68 Å². The lowest BCUT2D eigenvalue weighted by molar-refractivity contribution is -0.384. The number of halogens is 1. The molecule has 0 radical (unpaired) electrons. The number of hydrogen-bond acceptors (Lipinski definition) is 6. The molecule has 0 unspecified atom stereocenters. The third-order valence-electron chi connectivity index (χ3n) is 4.99. The molecule has 10 heteroatoms. The molecule has 0 spiro atoms. The fourth-order valence-electron chi connectivity index (χ4n) is 3.48. The van der Waals surface area contributed by atoms with Crippen molar-refractivity contribution in [3.63, 3.8) is 0 Å². The van der Waals surface area contributed by atoms with Gasteiger partial charge in [0, 0.05) is 11.6 Å². The predicted octanol–water partition coefficient (Wildman–Crippen LogP) is 3.73. The number of para-hydroxylation sites is 2. The molecular weight excluding hydrogens is 449 g/mol. The Labute approximate surface area is 188 Å². The van der Waals surface area contributed by atoms with Gasteiger partial charge in [0.25, 0.3) is 11.2 Å². The van der Waals surface area contributed by atoms with Crippen LogP contribution < -0.4 is 5.56 Å². The lowest BCUT2D eigenvalue weighted by atomic mass is 9.96. The maximum atomic E-state index is 13.5. The van der Waals surface area contributed by atoms with Crippen LogP contribution in [0.25, 0.3) is 27.9 Å². The van der Waals surface area contributed by atoms with Gasteiger partial charge in [0.15, 0.2) is 0 Å². The van der Waals surface area contributed by atoms with E-state index in [0.29, 0.717) is 22.3 Å². The number of nitrogens with zero attached hydrogens (tertiary/aromatic N) is 3. The minimum atomic E-state index is -2.59. The van der Waals surface area contributed by atoms with Crippen LogP contribution in [0.1, 0.15) is 5.56 Å². The molecule has 3 aromatic carbocycles. The Morgan fingerprint density at radius 2 is 1.58 bits per heavy atom. The Hall–Kier alpha value is -4.18. The van der Waals surface area contributed by atoms with Gasteiger partial charge in [-0.1, -0.05) is 48.5 Å². The lowest BCUT2D eigenvalue weighted by Gasteiger charge is -2.13. The van der Waals surface area contributed by atoms with Crippen LogP contribution in [0.3, 0.4) is 0 Å². The van der Waals surface area contributed by atoms with Crippen molar-refractivity contribution in [3.05, 3.63) is 111 Å². The van der Waals surface area contributed by atoms with Crippen LogP contribution in [0.2, 0.25) is 0 Å². The van der Waals surface area contributed by atoms with E-state index in [-0.39, 0.29) is 22.7 Å². The molecule has 0 aliphatic rings. The average Bonchev–Trinajstić information content (AvgIpc) is 2.80. The smallest absolute Gasteiger partial charge is 0.267 e. The monoisotopic (exact) mass is 465 g/mol. The van der Waals surface area contributed by atoms with Crippen LogP contribution in [-0.4, -0.2) is 23.1 Å². The van der Waals surface area contributed by atoms with Gasteiger partial charge in [-0.15, -0.1) is 0 Å². The van der Waals surface area contributed by atoms with E-state index in [2.05, 4.69) is 5.10 Å². The first-order valence-electron chi connectivity index (χ1n) is 9.68. The molecule has 8 nitrogen and oxygen atoms in total. The van der Waals surface area contributed by atoms with E-state index in [1.54, 1.807) is 30.3 Å². The van der Waals surface area contributed by atoms with Crippen molar-refractivity contribution < 1.29 is 17.7 Å². The van der Waals surface area contributed by atoms with Crippen LogP contribution in [0, 0.1) is 15.9 Å². The van der Waals surface area contributed by atoms with Crippen molar-refractivity contribution in [2.45, 2.75) is 5.75 Å². The Morgan fingerprint density at radius 3 is 2.21 bits per heavy atom. The molecule has 0 saturated carbocycles. The van der Waals surface area contributed by atoms with Crippen molar-refractivity contribution >= 4 is 16.4 Å². The molecule has 4 rings (SSSR count). The first-order valence-corrected chi connectivity index (χ1v) is 11.0. The number of aromatic nitrogens is 2. The summed E-state index contributed by atoms with van der Waals surface area (Å²) in [6.07, 6.45) is 1.40. The third-order valence-corrected chi connectivity index (χ3v) is 5.62. The molecule has 0 aliphatic carbocycles. The highest BCUT2D eigenvalue weighted by Gasteiger charge is 2.21. The van der Waals surface area contributed by atoms with Crippen molar-refractivity contribution in [1.82, 2.24) is 9.78 Å². The number of hydrogen-bond donors (Lipinski definition) is 1. The molecule has 0 fully saturated rings. The molecular formula is C23H16FN3O5S. The van der Waals surface area contributed by atoms with Crippen LogP contribution in [0.15, 0.2) is 83.8 Å². The summed E-state index contributed by atoms with van der Waals surface area (Å²) < 4.78 is 36.5. The first kappa shape index (κ1) is 22.0. The zero-order valence-electron chi connectivity index (χ0n) is 16.9. The maximum absolute atomic E-state index is 13.5. The van der Waals surface area contributed by atoms with E-state index in [9.17, 15) is 27.7 Å². The van der Waals surface area contributed by atoms with Crippen molar-refractivity contribution in [2.24, 2.45) is 0 Å². The minimum Gasteiger partial charge on any atom is -0.267 e. The van der Waals surface area contributed by atoms with E-state index in [1.807, 2.05) is 0 Å². The van der Waals surface area contributed by atoms with E-state index < -0.39 is 27.0 Å². The number of rotatable bonds is 6. The fourth-order valence-corrected chi connectivity index (χ4v) is 3.98. The number of nitro groups is 1. The summed E-state index contributed by atoms with van der Waals surface area (Å²) in [5.41, 5.74) is 1.24. The average molecular weight is 465 g/mol. The van der Waals surface area contributed by atoms with Crippen LogP contribution >= 0.6 is 0 Å². The summed E-state index contributed by atoms with van der Waals surface area (Å²) in [6.45, 7) is 0. The lowest BCUT2D eigenvalue weighted by Crippen LogP contribution is -2.24. The van der Waals surface area contributed by atoms with Gasteiger partial charge >= 0.3 is 0 Å². The van der Waals surface area contributed by atoms with Crippen LogP contribution in [0.4, 0.5) is 10.1 Å². The van der Waals surface area contributed by atoms with Crippen molar-refractivity contribution in [2.75, 3.05) is 0 Å². The van der Waals surface area contributed by atoms with E-state index in [4.69, 9.17) is 0 Å². The molecule has 0 atom stereocenters.